The number of hydrogen-bond acceptors (Lipinski definition) is 1. The minimum Gasteiger partial charge on any atom is -0.261 e. The molecule has 1 nitrogen and oxygen atoms in total. The highest BCUT2D eigenvalue weighted by Gasteiger charge is 2.18. The van der Waals surface area contributed by atoms with Crippen molar-refractivity contribution in [3.05, 3.63) is 29.1 Å². The Hall–Kier alpha value is -0.850. The molecule has 66 valence electrons. The summed E-state index contributed by atoms with van der Waals surface area (Å²) >= 11 is 0. The topological polar surface area (TPSA) is 12.9 Å². The maximum atomic E-state index is 4.31. The lowest BCUT2D eigenvalue weighted by atomic mass is 9.83. The van der Waals surface area contributed by atoms with Crippen LogP contribution in [0.4, 0.5) is 0 Å². The summed E-state index contributed by atoms with van der Waals surface area (Å²) in [4.78, 5) is 4.31. The van der Waals surface area contributed by atoms with Crippen LogP contribution in [0.2, 0.25) is 0 Å². The zero-order valence-electron chi connectivity index (χ0n) is 8.60. The Bertz CT molecular complexity index is 261. The molecule has 0 unspecified atom stereocenters. The first kappa shape index (κ1) is 9.24. The molecule has 0 N–H and O–H groups in total. The molecule has 0 aliphatic heterocycles. The summed E-state index contributed by atoms with van der Waals surface area (Å²) in [5.74, 6) is 0. The summed E-state index contributed by atoms with van der Waals surface area (Å²) in [7, 11) is 0. The van der Waals surface area contributed by atoms with Gasteiger partial charge in [-0.15, -0.1) is 0 Å². The van der Waals surface area contributed by atoms with E-state index in [1.807, 2.05) is 6.20 Å². The lowest BCUT2D eigenvalue weighted by molar-refractivity contribution is 0.578. The minimum absolute atomic E-state index is 0.211. The third-order valence-electron chi connectivity index (χ3n) is 2.10. The fourth-order valence-corrected chi connectivity index (χ4v) is 1.83. The van der Waals surface area contributed by atoms with E-state index in [0.717, 1.165) is 5.69 Å². The van der Waals surface area contributed by atoms with Gasteiger partial charge >= 0.3 is 0 Å². The molecule has 0 fully saturated rings. The monoisotopic (exact) mass is 163 g/mol. The lowest BCUT2D eigenvalue weighted by Crippen LogP contribution is -2.15. The average molecular weight is 163 g/mol. The minimum atomic E-state index is 0.211. The summed E-state index contributed by atoms with van der Waals surface area (Å²) in [6, 6.07) is 2.08. The zero-order chi connectivity index (χ0) is 9.35. The third-order valence-corrected chi connectivity index (χ3v) is 2.10. The highest BCUT2D eigenvalue weighted by Crippen LogP contribution is 2.26. The molecule has 1 rings (SSSR count). The largest absolute Gasteiger partial charge is 0.261 e. The predicted octanol–water partition coefficient (Wildman–Crippen LogP) is 3.00. The summed E-state index contributed by atoms with van der Waals surface area (Å²) < 4.78 is 0. The van der Waals surface area contributed by atoms with Crippen molar-refractivity contribution in [3.8, 4) is 0 Å². The van der Waals surface area contributed by atoms with Crippen LogP contribution in [0.3, 0.4) is 0 Å². The van der Waals surface area contributed by atoms with Gasteiger partial charge in [-0.2, -0.15) is 0 Å². The van der Waals surface area contributed by atoms with Gasteiger partial charge in [0.05, 0.1) is 0 Å². The molecule has 1 aromatic rings. The van der Waals surface area contributed by atoms with Gasteiger partial charge in [-0.05, 0) is 36.5 Å². The smallest absolute Gasteiger partial charge is 0.0412 e. The van der Waals surface area contributed by atoms with Crippen LogP contribution in [0.15, 0.2) is 12.3 Å². The predicted molar refractivity (Wildman–Crippen MR) is 52.4 cm³/mol. The van der Waals surface area contributed by atoms with Crippen molar-refractivity contribution < 1.29 is 0 Å². The van der Waals surface area contributed by atoms with Crippen molar-refractivity contribution in [2.45, 2.75) is 40.0 Å². The molecule has 1 heterocycles. The molecular formula is C11H17N. The lowest BCUT2D eigenvalue weighted by Gasteiger charge is -2.23. The molecule has 1 aromatic heterocycles. The van der Waals surface area contributed by atoms with Gasteiger partial charge in [-0.3, -0.25) is 4.98 Å². The summed E-state index contributed by atoms with van der Waals surface area (Å²) in [6.45, 7) is 10.9. The number of aryl methyl sites for hydroxylation is 2. The SMILES string of the molecule is Cc1ccnc(C)c1C(C)(C)C. The zero-order valence-corrected chi connectivity index (χ0v) is 8.60. The normalized spacial score (nSPS) is 11.8. The average Bonchev–Trinajstić information content (AvgIpc) is 1.82. The van der Waals surface area contributed by atoms with Gasteiger partial charge in [-0.1, -0.05) is 20.8 Å². The van der Waals surface area contributed by atoms with Gasteiger partial charge in [0, 0.05) is 11.9 Å². The van der Waals surface area contributed by atoms with E-state index in [-0.39, 0.29) is 5.41 Å². The number of nitrogens with zero attached hydrogens (tertiary/aromatic N) is 1. The van der Waals surface area contributed by atoms with E-state index < -0.39 is 0 Å². The van der Waals surface area contributed by atoms with Crippen LogP contribution in [-0.2, 0) is 5.41 Å². The number of pyridine rings is 1. The fraction of sp³-hybridized carbons (Fsp3) is 0.545. The van der Waals surface area contributed by atoms with E-state index in [9.17, 15) is 0 Å². The number of aromatic nitrogens is 1. The van der Waals surface area contributed by atoms with E-state index in [1.54, 1.807) is 0 Å². The van der Waals surface area contributed by atoms with Crippen molar-refractivity contribution in [2.75, 3.05) is 0 Å². The fourth-order valence-electron chi connectivity index (χ4n) is 1.83. The van der Waals surface area contributed by atoms with Gasteiger partial charge < -0.3 is 0 Å². The molecule has 0 saturated carbocycles. The Labute approximate surface area is 74.8 Å². The molecule has 0 bridgehead atoms. The summed E-state index contributed by atoms with van der Waals surface area (Å²) in [6.07, 6.45) is 1.87. The second-order valence-electron chi connectivity index (χ2n) is 4.34. The van der Waals surface area contributed by atoms with Gasteiger partial charge in [-0.25, -0.2) is 0 Å². The van der Waals surface area contributed by atoms with E-state index >= 15 is 0 Å². The first-order valence-electron chi connectivity index (χ1n) is 4.35. The van der Waals surface area contributed by atoms with Gasteiger partial charge in [0.1, 0.15) is 0 Å². The Kier molecular flexibility index (Phi) is 2.22. The van der Waals surface area contributed by atoms with Crippen LogP contribution in [0, 0.1) is 13.8 Å². The van der Waals surface area contributed by atoms with E-state index in [0.29, 0.717) is 0 Å². The molecule has 0 aliphatic rings. The van der Waals surface area contributed by atoms with Crippen LogP contribution in [0.1, 0.15) is 37.6 Å². The van der Waals surface area contributed by atoms with E-state index in [2.05, 4.69) is 45.7 Å². The Morgan fingerprint density at radius 2 is 1.75 bits per heavy atom. The van der Waals surface area contributed by atoms with Crippen LogP contribution < -0.4 is 0 Å². The standard InChI is InChI=1S/C11H17N/c1-8-6-7-12-9(2)10(8)11(3,4)5/h6-7H,1-5H3. The second-order valence-corrected chi connectivity index (χ2v) is 4.34. The number of hydrogen-bond donors (Lipinski definition) is 0. The first-order valence-corrected chi connectivity index (χ1v) is 4.35. The van der Waals surface area contributed by atoms with Crippen molar-refractivity contribution in [3.63, 3.8) is 0 Å². The van der Waals surface area contributed by atoms with E-state index in [4.69, 9.17) is 0 Å². The van der Waals surface area contributed by atoms with Gasteiger partial charge in [0.25, 0.3) is 0 Å². The Morgan fingerprint density at radius 3 is 2.08 bits per heavy atom. The van der Waals surface area contributed by atoms with Crippen molar-refractivity contribution in [2.24, 2.45) is 0 Å². The molecule has 0 amide bonds. The van der Waals surface area contributed by atoms with Crippen LogP contribution >= 0.6 is 0 Å². The molecule has 0 aliphatic carbocycles. The molecule has 0 atom stereocenters. The van der Waals surface area contributed by atoms with E-state index in [1.165, 1.54) is 11.1 Å². The quantitative estimate of drug-likeness (QED) is 0.573. The third kappa shape index (κ3) is 1.66. The number of rotatable bonds is 0. The Balaban J connectivity index is 3.31. The van der Waals surface area contributed by atoms with Gasteiger partial charge in [0.15, 0.2) is 0 Å². The summed E-state index contributed by atoms with van der Waals surface area (Å²) in [5.41, 5.74) is 4.09. The molecule has 0 radical (unpaired) electrons. The highest BCUT2D eigenvalue weighted by atomic mass is 14.7. The highest BCUT2D eigenvalue weighted by molar-refractivity contribution is 5.33. The Morgan fingerprint density at radius 1 is 1.17 bits per heavy atom. The maximum absolute atomic E-state index is 4.31. The molecule has 0 saturated heterocycles. The van der Waals surface area contributed by atoms with Crippen LogP contribution in [-0.4, -0.2) is 4.98 Å². The van der Waals surface area contributed by atoms with Crippen molar-refractivity contribution >= 4 is 0 Å². The maximum Gasteiger partial charge on any atom is 0.0412 e. The first-order chi connectivity index (χ1) is 5.43. The molecular weight excluding hydrogens is 146 g/mol. The molecule has 1 heteroatoms. The van der Waals surface area contributed by atoms with Gasteiger partial charge in [0.2, 0.25) is 0 Å². The van der Waals surface area contributed by atoms with Crippen LogP contribution in [0.5, 0.6) is 0 Å². The molecule has 0 spiro atoms. The summed E-state index contributed by atoms with van der Waals surface area (Å²) in [5, 5.41) is 0. The molecule has 0 aromatic carbocycles. The van der Waals surface area contributed by atoms with Crippen molar-refractivity contribution in [1.82, 2.24) is 4.98 Å². The second kappa shape index (κ2) is 2.89. The van der Waals surface area contributed by atoms with Crippen molar-refractivity contribution in [1.29, 1.82) is 0 Å². The molecule has 12 heavy (non-hydrogen) atoms. The van der Waals surface area contributed by atoms with Crippen LogP contribution in [0.25, 0.3) is 0 Å².